The Balaban J connectivity index is 1.99. The topological polar surface area (TPSA) is 74.5 Å². The van der Waals surface area contributed by atoms with E-state index in [2.05, 4.69) is 41.4 Å². The molecule has 0 aliphatic carbocycles. The molecule has 0 fully saturated rings. The molecule has 3 N–H and O–H groups in total. The summed E-state index contributed by atoms with van der Waals surface area (Å²) < 4.78 is 26.6. The SMILES string of the molecule is CCNC(=NCc1nccn1C(F)F)NCC(O)c1ccc(C(C)(C)C)cc1. The first kappa shape index (κ1) is 21.8. The van der Waals surface area contributed by atoms with Crippen molar-refractivity contribution < 1.29 is 13.9 Å². The highest BCUT2D eigenvalue weighted by Crippen LogP contribution is 2.23. The monoisotopic (exact) mass is 393 g/mol. The van der Waals surface area contributed by atoms with E-state index >= 15 is 0 Å². The van der Waals surface area contributed by atoms with Crippen LogP contribution >= 0.6 is 0 Å². The molecule has 0 aliphatic rings. The van der Waals surface area contributed by atoms with Crippen LogP contribution in [0.25, 0.3) is 0 Å². The predicted octanol–water partition coefficient (Wildman–Crippen LogP) is 3.36. The van der Waals surface area contributed by atoms with Crippen molar-refractivity contribution in [2.45, 2.75) is 52.3 Å². The Morgan fingerprint density at radius 3 is 2.46 bits per heavy atom. The maximum absolute atomic E-state index is 12.9. The molecule has 1 aromatic carbocycles. The number of imidazole rings is 1. The lowest BCUT2D eigenvalue weighted by Gasteiger charge is -2.20. The number of aromatic nitrogens is 2. The van der Waals surface area contributed by atoms with Crippen LogP contribution in [0.3, 0.4) is 0 Å². The van der Waals surface area contributed by atoms with Crippen molar-refractivity contribution in [1.29, 1.82) is 0 Å². The standard InChI is InChI=1S/C20H29F2N5O/c1-5-23-19(26-13-17-24-10-11-27(17)18(21)22)25-12-16(28)14-6-8-15(9-7-14)20(2,3)4/h6-11,16,18,28H,5,12-13H2,1-4H3,(H2,23,25,26). The van der Waals surface area contributed by atoms with Crippen molar-refractivity contribution in [1.82, 2.24) is 20.2 Å². The number of nitrogens with one attached hydrogen (secondary N) is 2. The van der Waals surface area contributed by atoms with Crippen molar-refractivity contribution >= 4 is 5.96 Å². The summed E-state index contributed by atoms with van der Waals surface area (Å²) >= 11 is 0. The van der Waals surface area contributed by atoms with Gasteiger partial charge in [-0.1, -0.05) is 45.0 Å². The van der Waals surface area contributed by atoms with Gasteiger partial charge in [0.25, 0.3) is 0 Å². The number of rotatable bonds is 7. The number of halogens is 2. The lowest BCUT2D eigenvalue weighted by Crippen LogP contribution is -2.39. The first-order chi connectivity index (χ1) is 13.2. The van der Waals surface area contributed by atoms with E-state index in [0.717, 1.165) is 10.1 Å². The van der Waals surface area contributed by atoms with Gasteiger partial charge in [0.2, 0.25) is 0 Å². The summed E-state index contributed by atoms with van der Waals surface area (Å²) in [4.78, 5) is 8.19. The molecule has 0 radical (unpaired) electrons. The molecular formula is C20H29F2N5O. The number of guanidine groups is 1. The van der Waals surface area contributed by atoms with Crippen LogP contribution in [0.1, 0.15) is 57.3 Å². The fraction of sp³-hybridized carbons (Fsp3) is 0.500. The summed E-state index contributed by atoms with van der Waals surface area (Å²) in [6.07, 6.45) is 1.82. The number of aliphatic imine (C=N–C) groups is 1. The summed E-state index contributed by atoms with van der Waals surface area (Å²) in [6, 6.07) is 7.86. The van der Waals surface area contributed by atoms with Gasteiger partial charge in [-0.15, -0.1) is 0 Å². The molecule has 1 atom stereocenters. The van der Waals surface area contributed by atoms with Crippen molar-refractivity contribution in [2.24, 2.45) is 4.99 Å². The van der Waals surface area contributed by atoms with Crippen molar-refractivity contribution in [3.05, 3.63) is 53.6 Å². The van der Waals surface area contributed by atoms with Crippen molar-refractivity contribution in [3.63, 3.8) is 0 Å². The smallest absolute Gasteiger partial charge is 0.319 e. The van der Waals surface area contributed by atoms with Crippen LogP contribution in [0.15, 0.2) is 41.7 Å². The third kappa shape index (κ3) is 6.02. The molecule has 8 heteroatoms. The number of hydrogen-bond acceptors (Lipinski definition) is 3. The number of aliphatic hydroxyl groups is 1. The van der Waals surface area contributed by atoms with Gasteiger partial charge in [-0.2, -0.15) is 8.78 Å². The van der Waals surface area contributed by atoms with Gasteiger partial charge in [0.1, 0.15) is 12.4 Å². The Bertz CT molecular complexity index is 766. The van der Waals surface area contributed by atoms with Crippen LogP contribution in [0.2, 0.25) is 0 Å². The number of nitrogens with zero attached hydrogens (tertiary/aromatic N) is 3. The van der Waals surface area contributed by atoms with Gasteiger partial charge in [-0.25, -0.2) is 9.98 Å². The van der Waals surface area contributed by atoms with E-state index in [0.29, 0.717) is 12.5 Å². The third-order valence-electron chi connectivity index (χ3n) is 4.31. The summed E-state index contributed by atoms with van der Waals surface area (Å²) in [5, 5.41) is 16.5. The average Bonchev–Trinajstić information content (AvgIpc) is 3.12. The zero-order chi connectivity index (χ0) is 20.7. The molecule has 28 heavy (non-hydrogen) atoms. The minimum Gasteiger partial charge on any atom is -0.387 e. The number of benzene rings is 1. The average molecular weight is 393 g/mol. The lowest BCUT2D eigenvalue weighted by atomic mass is 9.86. The molecule has 0 aliphatic heterocycles. The van der Waals surface area contributed by atoms with E-state index < -0.39 is 12.7 Å². The minimum atomic E-state index is -2.65. The summed E-state index contributed by atoms with van der Waals surface area (Å²) in [5.41, 5.74) is 2.04. The van der Waals surface area contributed by atoms with Gasteiger partial charge in [0, 0.05) is 25.5 Å². The molecule has 0 bridgehead atoms. The van der Waals surface area contributed by atoms with E-state index in [1.165, 1.54) is 18.0 Å². The Morgan fingerprint density at radius 2 is 1.89 bits per heavy atom. The van der Waals surface area contributed by atoms with Gasteiger partial charge in [-0.3, -0.25) is 4.57 Å². The highest BCUT2D eigenvalue weighted by Gasteiger charge is 2.15. The largest absolute Gasteiger partial charge is 0.387 e. The number of alkyl halides is 2. The van der Waals surface area contributed by atoms with Crippen LogP contribution in [-0.2, 0) is 12.0 Å². The molecule has 6 nitrogen and oxygen atoms in total. The second kappa shape index (κ2) is 9.64. The van der Waals surface area contributed by atoms with Crippen LogP contribution in [-0.4, -0.2) is 33.7 Å². The summed E-state index contributed by atoms with van der Waals surface area (Å²) in [6.45, 7) is 6.51. The van der Waals surface area contributed by atoms with Crippen LogP contribution in [0, 0.1) is 0 Å². The van der Waals surface area contributed by atoms with Crippen LogP contribution < -0.4 is 10.6 Å². The van der Waals surface area contributed by atoms with Crippen LogP contribution in [0.5, 0.6) is 0 Å². The van der Waals surface area contributed by atoms with Gasteiger partial charge < -0.3 is 15.7 Å². The molecule has 1 aromatic heterocycles. The Labute approximate surface area is 164 Å². The fourth-order valence-electron chi connectivity index (χ4n) is 2.65. The maximum atomic E-state index is 12.9. The van der Waals surface area contributed by atoms with E-state index in [-0.39, 0.29) is 24.3 Å². The first-order valence-corrected chi connectivity index (χ1v) is 9.33. The number of aliphatic hydroxyl groups excluding tert-OH is 1. The zero-order valence-corrected chi connectivity index (χ0v) is 16.8. The van der Waals surface area contributed by atoms with E-state index in [1.807, 2.05) is 31.2 Å². The molecule has 1 unspecified atom stereocenters. The molecule has 0 amide bonds. The zero-order valence-electron chi connectivity index (χ0n) is 16.8. The molecular weight excluding hydrogens is 364 g/mol. The molecule has 2 rings (SSSR count). The summed E-state index contributed by atoms with van der Waals surface area (Å²) in [5.74, 6) is 0.599. The Hall–Kier alpha value is -2.48. The Kier molecular flexibility index (Phi) is 7.51. The normalized spacial score (nSPS) is 13.6. The Morgan fingerprint density at radius 1 is 1.21 bits per heavy atom. The molecule has 2 aromatic rings. The fourth-order valence-corrected chi connectivity index (χ4v) is 2.65. The maximum Gasteiger partial charge on any atom is 0.319 e. The first-order valence-electron chi connectivity index (χ1n) is 9.33. The molecule has 0 spiro atoms. The second-order valence-electron chi connectivity index (χ2n) is 7.49. The van der Waals surface area contributed by atoms with Gasteiger partial charge in [0.05, 0.1) is 6.10 Å². The highest BCUT2D eigenvalue weighted by molar-refractivity contribution is 5.79. The highest BCUT2D eigenvalue weighted by atomic mass is 19.3. The van der Waals surface area contributed by atoms with Gasteiger partial charge in [0.15, 0.2) is 5.96 Å². The van der Waals surface area contributed by atoms with Gasteiger partial charge in [-0.05, 0) is 23.5 Å². The third-order valence-corrected chi connectivity index (χ3v) is 4.31. The van der Waals surface area contributed by atoms with Gasteiger partial charge >= 0.3 is 6.55 Å². The van der Waals surface area contributed by atoms with Crippen molar-refractivity contribution in [3.8, 4) is 0 Å². The minimum absolute atomic E-state index is 0.00302. The predicted molar refractivity (Wildman–Crippen MR) is 106 cm³/mol. The van der Waals surface area contributed by atoms with E-state index in [4.69, 9.17) is 0 Å². The molecule has 0 saturated heterocycles. The van der Waals surface area contributed by atoms with E-state index in [1.54, 1.807) is 0 Å². The quantitative estimate of drug-likeness (QED) is 0.498. The molecule has 0 saturated carbocycles. The second-order valence-corrected chi connectivity index (χ2v) is 7.49. The van der Waals surface area contributed by atoms with E-state index in [9.17, 15) is 13.9 Å². The molecule has 1 heterocycles. The molecule has 154 valence electrons. The lowest BCUT2D eigenvalue weighted by molar-refractivity contribution is 0.0671. The number of hydrogen-bond donors (Lipinski definition) is 3. The summed E-state index contributed by atoms with van der Waals surface area (Å²) in [7, 11) is 0. The van der Waals surface area contributed by atoms with Crippen molar-refractivity contribution in [2.75, 3.05) is 13.1 Å². The van der Waals surface area contributed by atoms with Crippen LogP contribution in [0.4, 0.5) is 8.78 Å².